The van der Waals surface area contributed by atoms with E-state index >= 15 is 0 Å². The van der Waals surface area contributed by atoms with E-state index in [9.17, 15) is 9.90 Å². The largest absolute Gasteiger partial charge is 0.481 e. The summed E-state index contributed by atoms with van der Waals surface area (Å²) in [5, 5.41) is 14.5. The monoisotopic (exact) mass is 467 g/mol. The Balaban J connectivity index is 1.76. The van der Waals surface area contributed by atoms with Gasteiger partial charge in [0.05, 0.1) is 12.6 Å². The van der Waals surface area contributed by atoms with Crippen molar-refractivity contribution in [2.75, 3.05) is 0 Å². The summed E-state index contributed by atoms with van der Waals surface area (Å²) in [6.07, 6.45) is 0.945. The van der Waals surface area contributed by atoms with E-state index in [2.05, 4.69) is 115 Å². The van der Waals surface area contributed by atoms with E-state index in [4.69, 9.17) is 0 Å². The van der Waals surface area contributed by atoms with Crippen LogP contribution in [0.5, 0.6) is 0 Å². The highest BCUT2D eigenvalue weighted by Gasteiger charge is 2.45. The van der Waals surface area contributed by atoms with Gasteiger partial charge in [-0.2, -0.15) is 0 Å². The van der Waals surface area contributed by atoms with Crippen LogP contribution in [-0.4, -0.2) is 11.1 Å². The van der Waals surface area contributed by atoms with Gasteiger partial charge < -0.3 is 5.11 Å². The van der Waals surface area contributed by atoms with Gasteiger partial charge in [0.1, 0.15) is 23.2 Å². The lowest BCUT2D eigenvalue weighted by Gasteiger charge is -2.28. The van der Waals surface area contributed by atoms with Gasteiger partial charge in [-0.25, -0.2) is 0 Å². The molecule has 4 heteroatoms. The maximum absolute atomic E-state index is 11.3. The second-order valence-corrected chi connectivity index (χ2v) is 12.7. The van der Waals surface area contributed by atoms with Crippen LogP contribution in [0.1, 0.15) is 10.4 Å². The Morgan fingerprint density at radius 3 is 1.70 bits per heavy atom. The molecule has 2 nitrogen and oxygen atoms in total. The molecule has 5 aromatic rings. The minimum absolute atomic E-state index is 0.0646. The van der Waals surface area contributed by atoms with Crippen molar-refractivity contribution in [1.82, 2.24) is 0 Å². The molecule has 4 aromatic carbocycles. The summed E-state index contributed by atoms with van der Waals surface area (Å²) in [5.41, 5.74) is 1.27. The molecule has 0 fully saturated rings. The zero-order chi connectivity index (χ0) is 22.7. The Kier molecular flexibility index (Phi) is 6.09. The molecular formula is C29H24O2PS+. The number of hydrogen-bond donors (Lipinski definition) is 1. The first-order valence-corrected chi connectivity index (χ1v) is 13.7. The Morgan fingerprint density at radius 2 is 1.21 bits per heavy atom. The third-order valence-corrected chi connectivity index (χ3v) is 11.5. The van der Waals surface area contributed by atoms with E-state index in [1.807, 2.05) is 0 Å². The molecule has 0 aliphatic carbocycles. The van der Waals surface area contributed by atoms with Gasteiger partial charge >= 0.3 is 5.97 Å². The predicted molar refractivity (Wildman–Crippen MR) is 142 cm³/mol. The van der Waals surface area contributed by atoms with Gasteiger partial charge in [0.25, 0.3) is 0 Å². The van der Waals surface area contributed by atoms with Crippen LogP contribution in [0.3, 0.4) is 0 Å². The molecule has 0 aliphatic heterocycles. The highest BCUT2D eigenvalue weighted by Crippen LogP contribution is 2.58. The molecule has 33 heavy (non-hydrogen) atoms. The van der Waals surface area contributed by atoms with Crippen molar-refractivity contribution in [2.45, 2.75) is 12.6 Å². The number of hydrogen-bond acceptors (Lipinski definition) is 2. The van der Waals surface area contributed by atoms with Crippen LogP contribution in [0.2, 0.25) is 0 Å². The molecule has 0 amide bonds. The predicted octanol–water partition coefficient (Wildman–Crippen LogP) is 6.02. The number of rotatable bonds is 7. The van der Waals surface area contributed by atoms with E-state index in [0.717, 1.165) is 15.7 Å². The normalized spacial score (nSPS) is 11.5. The number of carboxylic acids is 1. The minimum atomic E-state index is -2.01. The van der Waals surface area contributed by atoms with E-state index < -0.39 is 13.2 Å². The van der Waals surface area contributed by atoms with Gasteiger partial charge in [0, 0.05) is 9.58 Å². The van der Waals surface area contributed by atoms with Crippen LogP contribution < -0.4 is 15.9 Å². The summed E-state index contributed by atoms with van der Waals surface area (Å²) in [6.45, 7) is 0. The molecule has 0 atom stereocenters. The molecule has 0 radical (unpaired) electrons. The van der Waals surface area contributed by atoms with Gasteiger partial charge in [0.2, 0.25) is 0 Å². The fraction of sp³-hybridized carbons (Fsp3) is 0.0690. The lowest BCUT2D eigenvalue weighted by Crippen LogP contribution is -2.32. The van der Waals surface area contributed by atoms with Crippen molar-refractivity contribution in [3.8, 4) is 0 Å². The zero-order valence-electron chi connectivity index (χ0n) is 18.1. The number of fused-ring (bicyclic) bond motifs is 1. The van der Waals surface area contributed by atoms with Crippen LogP contribution in [0.15, 0.2) is 115 Å². The third kappa shape index (κ3) is 4.23. The fourth-order valence-electron chi connectivity index (χ4n) is 4.57. The molecule has 1 N–H and O–H groups in total. The van der Waals surface area contributed by atoms with Crippen molar-refractivity contribution in [1.29, 1.82) is 0 Å². The van der Waals surface area contributed by atoms with E-state index in [-0.39, 0.29) is 6.42 Å². The first kappa shape index (κ1) is 21.6. The lowest BCUT2D eigenvalue weighted by molar-refractivity contribution is -0.136. The van der Waals surface area contributed by atoms with Crippen LogP contribution in [0.4, 0.5) is 0 Å². The smallest absolute Gasteiger partial charge is 0.308 e. The number of carbonyl (C=O) groups is 1. The van der Waals surface area contributed by atoms with Gasteiger partial charge in [-0.1, -0.05) is 66.7 Å². The molecule has 0 bridgehead atoms. The highest BCUT2D eigenvalue weighted by atomic mass is 32.1. The zero-order valence-corrected chi connectivity index (χ0v) is 19.8. The molecule has 1 heterocycles. The molecule has 0 saturated carbocycles. The van der Waals surface area contributed by atoms with Crippen LogP contribution >= 0.6 is 18.6 Å². The summed E-state index contributed by atoms with van der Waals surface area (Å²) >= 11 is 1.58. The number of benzene rings is 4. The number of thiophene rings is 1. The van der Waals surface area contributed by atoms with Gasteiger partial charge in [-0.3, -0.25) is 4.79 Å². The summed E-state index contributed by atoms with van der Waals surface area (Å²) in [4.78, 5) is 12.2. The molecule has 162 valence electrons. The summed E-state index contributed by atoms with van der Waals surface area (Å²) in [5.74, 6) is -0.789. The van der Waals surface area contributed by atoms with Crippen molar-refractivity contribution < 1.29 is 9.90 Å². The van der Waals surface area contributed by atoms with E-state index in [1.54, 1.807) is 11.3 Å². The van der Waals surface area contributed by atoms with Crippen molar-refractivity contribution in [3.63, 3.8) is 0 Å². The molecule has 0 saturated heterocycles. The van der Waals surface area contributed by atoms with Crippen molar-refractivity contribution in [2.24, 2.45) is 0 Å². The highest BCUT2D eigenvalue weighted by molar-refractivity contribution is 7.95. The molecule has 0 aliphatic rings. The Morgan fingerprint density at radius 1 is 0.697 bits per heavy atom. The molecule has 1 aromatic heterocycles. The minimum Gasteiger partial charge on any atom is -0.481 e. The molecule has 0 unspecified atom stereocenters. The van der Waals surface area contributed by atoms with E-state index in [1.165, 1.54) is 26.9 Å². The summed E-state index contributed by atoms with van der Waals surface area (Å²) in [7, 11) is -2.01. The molecule has 0 spiro atoms. The van der Waals surface area contributed by atoms with Crippen molar-refractivity contribution in [3.05, 3.63) is 126 Å². The SMILES string of the molecule is O=C(O)Cc1cc2c(C[P+](c3ccccc3)(c3ccccc3)c3ccccc3)cccc2s1. The maximum Gasteiger partial charge on any atom is 0.308 e. The van der Waals surface area contributed by atoms with Crippen LogP contribution in [-0.2, 0) is 17.4 Å². The number of carboxylic acid groups (broad SMARTS) is 1. The topological polar surface area (TPSA) is 37.3 Å². The Hall–Kier alpha value is -3.26. The van der Waals surface area contributed by atoms with Gasteiger partial charge in [0.15, 0.2) is 0 Å². The van der Waals surface area contributed by atoms with Crippen LogP contribution in [0.25, 0.3) is 10.1 Å². The van der Waals surface area contributed by atoms with Gasteiger partial charge in [-0.15, -0.1) is 11.3 Å². The average Bonchev–Trinajstić information content (AvgIpc) is 3.27. The maximum atomic E-state index is 11.3. The van der Waals surface area contributed by atoms with Gasteiger partial charge in [-0.05, 0) is 59.5 Å². The van der Waals surface area contributed by atoms with E-state index in [0.29, 0.717) is 0 Å². The Labute approximate surface area is 198 Å². The second-order valence-electron chi connectivity index (χ2n) is 8.09. The molecular weight excluding hydrogens is 443 g/mol. The number of aliphatic carboxylic acids is 1. The average molecular weight is 468 g/mol. The standard InChI is InChI=1S/C29H23O2PS/c30-29(31)20-26-19-27-22(11-10-18-28(27)33-26)21-32(23-12-4-1-5-13-23,24-14-6-2-7-15-24)25-16-8-3-9-17-25/h1-19H,20-21H2/p+1. The quantitative estimate of drug-likeness (QED) is 0.297. The van der Waals surface area contributed by atoms with Crippen LogP contribution in [0, 0.1) is 0 Å². The summed E-state index contributed by atoms with van der Waals surface area (Å²) in [6, 6.07) is 41.1. The first-order chi connectivity index (χ1) is 16.2. The van der Waals surface area contributed by atoms with Crippen molar-refractivity contribution >= 4 is 50.6 Å². The molecule has 5 rings (SSSR count). The third-order valence-electron chi connectivity index (χ3n) is 6.03. The fourth-order valence-corrected chi connectivity index (χ4v) is 9.95. The lowest BCUT2D eigenvalue weighted by atomic mass is 10.1. The Bertz CT molecular complexity index is 1280. The summed E-state index contributed by atoms with van der Waals surface area (Å²) < 4.78 is 1.15. The first-order valence-electron chi connectivity index (χ1n) is 10.9. The second kappa shape index (κ2) is 9.31.